The highest BCUT2D eigenvalue weighted by molar-refractivity contribution is 4.72. The highest BCUT2D eigenvalue weighted by Gasteiger charge is 1.93. The van der Waals surface area contributed by atoms with Gasteiger partial charge < -0.3 is 5.73 Å². The van der Waals surface area contributed by atoms with Gasteiger partial charge in [0.25, 0.3) is 0 Å². The quantitative estimate of drug-likeness (QED) is 0.530. The largest absolute Gasteiger partial charge is 0.311 e. The van der Waals surface area contributed by atoms with Gasteiger partial charge in [-0.2, -0.15) is 0 Å². The summed E-state index contributed by atoms with van der Waals surface area (Å²) in [5.41, 5.74) is 5.30. The Morgan fingerprint density at radius 3 is 2.00 bits per heavy atom. The predicted molar refractivity (Wildman–Crippen MR) is 31.4 cm³/mol. The van der Waals surface area contributed by atoms with E-state index in [0.717, 1.165) is 6.17 Å². The Labute approximate surface area is 45.1 Å². The van der Waals surface area contributed by atoms with Crippen molar-refractivity contribution < 1.29 is 0 Å². The number of rotatable bonds is 2. The Balaban J connectivity index is 2.95. The van der Waals surface area contributed by atoms with Crippen LogP contribution in [0.3, 0.4) is 0 Å². The standard InChI is InChI=1S/C5H13N2/c1-4(2)7-5(3)6/h4,7H,6H2,1-3H3. The lowest BCUT2D eigenvalue weighted by atomic mass is 10.4. The molecule has 0 bridgehead atoms. The van der Waals surface area contributed by atoms with Gasteiger partial charge in [-0.1, -0.05) is 0 Å². The fraction of sp³-hybridized carbons (Fsp3) is 0.800. The van der Waals surface area contributed by atoms with Crippen LogP contribution >= 0.6 is 0 Å². The minimum Gasteiger partial charge on any atom is -0.311 e. The molecule has 0 rings (SSSR count). The molecule has 2 heteroatoms. The summed E-state index contributed by atoms with van der Waals surface area (Å²) in [6, 6.07) is 0.463. The van der Waals surface area contributed by atoms with Crippen molar-refractivity contribution in [1.29, 1.82) is 0 Å². The molecule has 0 spiro atoms. The van der Waals surface area contributed by atoms with E-state index in [1.54, 1.807) is 0 Å². The molecule has 0 saturated carbocycles. The van der Waals surface area contributed by atoms with Crippen molar-refractivity contribution in [2.45, 2.75) is 26.8 Å². The first kappa shape index (κ1) is 6.92. The lowest BCUT2D eigenvalue weighted by Crippen LogP contribution is -2.31. The van der Waals surface area contributed by atoms with Crippen molar-refractivity contribution in [3.8, 4) is 0 Å². The molecule has 0 heterocycles. The summed E-state index contributed by atoms with van der Waals surface area (Å²) in [4.78, 5) is 0. The molecule has 0 aromatic rings. The molecule has 0 fully saturated rings. The molecule has 3 N–H and O–H groups in total. The molecular weight excluding hydrogens is 88.1 g/mol. The van der Waals surface area contributed by atoms with Crippen LogP contribution < -0.4 is 11.1 Å². The van der Waals surface area contributed by atoms with E-state index >= 15 is 0 Å². The molecule has 7 heavy (non-hydrogen) atoms. The van der Waals surface area contributed by atoms with E-state index < -0.39 is 0 Å². The number of nitrogens with two attached hydrogens (primary N) is 1. The number of hydrogen-bond donors (Lipinski definition) is 2. The van der Waals surface area contributed by atoms with Gasteiger partial charge in [-0.3, -0.25) is 5.32 Å². The molecule has 0 aromatic carbocycles. The van der Waals surface area contributed by atoms with Crippen LogP contribution in [0.15, 0.2) is 0 Å². The first-order chi connectivity index (χ1) is 3.13. The van der Waals surface area contributed by atoms with Gasteiger partial charge in [0.15, 0.2) is 0 Å². The molecule has 0 aliphatic rings. The fourth-order valence-electron chi connectivity index (χ4n) is 0.455. The summed E-state index contributed by atoms with van der Waals surface area (Å²) in [7, 11) is 0. The minimum absolute atomic E-state index is 0.463. The Bertz CT molecular complexity index is 35.3. The summed E-state index contributed by atoms with van der Waals surface area (Å²) < 4.78 is 0. The van der Waals surface area contributed by atoms with Crippen LogP contribution in [0.2, 0.25) is 0 Å². The summed E-state index contributed by atoms with van der Waals surface area (Å²) in [6.07, 6.45) is 0.787. The molecule has 0 unspecified atom stereocenters. The lowest BCUT2D eigenvalue weighted by Gasteiger charge is -2.08. The molecule has 2 nitrogen and oxygen atoms in total. The van der Waals surface area contributed by atoms with Gasteiger partial charge in [-0.15, -0.1) is 0 Å². The Morgan fingerprint density at radius 2 is 2.00 bits per heavy atom. The summed E-state index contributed by atoms with van der Waals surface area (Å²) in [5.74, 6) is 0. The summed E-state index contributed by atoms with van der Waals surface area (Å²) in [5, 5.41) is 3.00. The van der Waals surface area contributed by atoms with Crippen molar-refractivity contribution in [2.24, 2.45) is 5.73 Å². The molecule has 0 aromatic heterocycles. The van der Waals surface area contributed by atoms with Crippen molar-refractivity contribution in [3.05, 3.63) is 6.17 Å². The van der Waals surface area contributed by atoms with Crippen LogP contribution in [0, 0.1) is 6.17 Å². The first-order valence-corrected chi connectivity index (χ1v) is 2.48. The van der Waals surface area contributed by atoms with Gasteiger partial charge >= 0.3 is 0 Å². The molecule has 0 amide bonds. The minimum atomic E-state index is 0.463. The zero-order valence-electron chi connectivity index (χ0n) is 5.15. The molecule has 0 aliphatic heterocycles. The number of hydrogen-bond acceptors (Lipinski definition) is 2. The van der Waals surface area contributed by atoms with Gasteiger partial charge in [0.1, 0.15) is 0 Å². The molecule has 0 aliphatic carbocycles. The van der Waals surface area contributed by atoms with Crippen molar-refractivity contribution in [3.63, 3.8) is 0 Å². The molecular formula is C5H13N2. The second-order valence-electron chi connectivity index (χ2n) is 1.98. The summed E-state index contributed by atoms with van der Waals surface area (Å²) in [6.45, 7) is 5.95. The fourth-order valence-corrected chi connectivity index (χ4v) is 0.455. The Hall–Kier alpha value is -0.0800. The van der Waals surface area contributed by atoms with Crippen LogP contribution in [0.4, 0.5) is 0 Å². The Kier molecular flexibility index (Phi) is 2.96. The van der Waals surface area contributed by atoms with Crippen LogP contribution in [-0.2, 0) is 0 Å². The smallest absolute Gasteiger partial charge is 0.0953 e. The van der Waals surface area contributed by atoms with Crippen molar-refractivity contribution in [1.82, 2.24) is 5.32 Å². The van der Waals surface area contributed by atoms with E-state index in [1.165, 1.54) is 0 Å². The maximum Gasteiger partial charge on any atom is 0.0953 e. The molecule has 0 saturated heterocycles. The monoisotopic (exact) mass is 101 g/mol. The average Bonchev–Trinajstić information content (AvgIpc) is 1.27. The number of nitrogens with one attached hydrogen (secondary N) is 1. The maximum absolute atomic E-state index is 5.30. The van der Waals surface area contributed by atoms with E-state index in [4.69, 9.17) is 5.73 Å². The van der Waals surface area contributed by atoms with E-state index in [9.17, 15) is 0 Å². The predicted octanol–water partition coefficient (Wildman–Crippen LogP) is 0.452. The van der Waals surface area contributed by atoms with Gasteiger partial charge in [0.2, 0.25) is 0 Å². The maximum atomic E-state index is 5.30. The van der Waals surface area contributed by atoms with E-state index in [2.05, 4.69) is 19.2 Å². The van der Waals surface area contributed by atoms with Gasteiger partial charge in [0.05, 0.1) is 6.17 Å². The molecule has 43 valence electrons. The van der Waals surface area contributed by atoms with Gasteiger partial charge in [-0.25, -0.2) is 0 Å². The van der Waals surface area contributed by atoms with Crippen LogP contribution in [0.5, 0.6) is 0 Å². The van der Waals surface area contributed by atoms with Crippen molar-refractivity contribution in [2.75, 3.05) is 0 Å². The normalized spacial score (nSPS) is 11.1. The topological polar surface area (TPSA) is 38.0 Å². The third kappa shape index (κ3) is 5.92. The van der Waals surface area contributed by atoms with E-state index in [1.807, 2.05) is 6.92 Å². The van der Waals surface area contributed by atoms with Crippen LogP contribution in [-0.4, -0.2) is 6.04 Å². The van der Waals surface area contributed by atoms with E-state index in [-0.39, 0.29) is 0 Å². The second kappa shape index (κ2) is 2.99. The van der Waals surface area contributed by atoms with Crippen LogP contribution in [0.1, 0.15) is 20.8 Å². The van der Waals surface area contributed by atoms with Crippen LogP contribution in [0.25, 0.3) is 0 Å². The van der Waals surface area contributed by atoms with Gasteiger partial charge in [-0.05, 0) is 20.8 Å². The lowest BCUT2D eigenvalue weighted by molar-refractivity contribution is 0.597. The average molecular weight is 101 g/mol. The molecule has 1 radical (unpaired) electrons. The molecule has 0 atom stereocenters. The SMILES string of the molecule is C[C](N)NC(C)C. The second-order valence-corrected chi connectivity index (χ2v) is 1.98. The highest BCUT2D eigenvalue weighted by Crippen LogP contribution is 1.81. The third-order valence-corrected chi connectivity index (χ3v) is 0.516. The zero-order chi connectivity index (χ0) is 5.86. The third-order valence-electron chi connectivity index (χ3n) is 0.516. The highest BCUT2D eigenvalue weighted by atomic mass is 15.0. The summed E-state index contributed by atoms with van der Waals surface area (Å²) >= 11 is 0. The Morgan fingerprint density at radius 1 is 1.57 bits per heavy atom. The van der Waals surface area contributed by atoms with Gasteiger partial charge in [0, 0.05) is 6.04 Å². The zero-order valence-corrected chi connectivity index (χ0v) is 5.15. The van der Waals surface area contributed by atoms with Crippen molar-refractivity contribution >= 4 is 0 Å². The first-order valence-electron chi connectivity index (χ1n) is 2.48. The van der Waals surface area contributed by atoms with E-state index in [0.29, 0.717) is 6.04 Å².